The summed E-state index contributed by atoms with van der Waals surface area (Å²) < 4.78 is 0. The average molecular weight is 480 g/mol. The average Bonchev–Trinajstić information content (AvgIpc) is 2.37. The quantitative estimate of drug-likeness (QED) is 0.293. The van der Waals surface area contributed by atoms with E-state index in [1.54, 1.807) is 0 Å². The number of rotatable bonds is 2. The second-order valence-corrected chi connectivity index (χ2v) is 5.93. The predicted octanol–water partition coefficient (Wildman–Crippen LogP) is 4.25. The van der Waals surface area contributed by atoms with Crippen molar-refractivity contribution in [3.63, 3.8) is 0 Å². The van der Waals surface area contributed by atoms with Gasteiger partial charge in [-0.15, -0.1) is 35.9 Å². The molecule has 1 aliphatic rings. The number of hydrogen-bond acceptors (Lipinski definition) is 2. The normalized spacial score (nSPS) is 16.5. The maximum atomic E-state index is 8.40. The predicted molar refractivity (Wildman–Crippen MR) is 88.7 cm³/mol. The molecule has 0 spiro atoms. The fraction of sp³-hybridized carbons (Fsp3) is 0.444. The summed E-state index contributed by atoms with van der Waals surface area (Å²) in [6, 6.07) is 11.3. The summed E-state index contributed by atoms with van der Waals surface area (Å²) in [6.07, 6.45) is 4.82. The standard InChI is InChI=1S/C13H16N.C5H8O2.Ir/c1-13(2)10-6-9-12(14-13)11-7-4-3-5-8-11;1-4(6)3-5(2)7;/h3-5,7H,6,9-10H2,1-2H3;3,6H,1-2H3;/q-1;;/p+1/b;4-3-;. The molecule has 0 atom stereocenters. The Hall–Kier alpha value is -1.25. The summed E-state index contributed by atoms with van der Waals surface area (Å²) in [5.41, 5.74) is 2.51. The van der Waals surface area contributed by atoms with Crippen molar-refractivity contribution >= 4 is 11.5 Å². The van der Waals surface area contributed by atoms with Crippen LogP contribution in [0.15, 0.2) is 41.1 Å². The van der Waals surface area contributed by atoms with Crippen molar-refractivity contribution in [3.05, 3.63) is 47.7 Å². The number of aliphatic hydroxyl groups excluding tert-OH is 1. The molecule has 0 aliphatic carbocycles. The number of aliphatic hydroxyl groups is 1. The van der Waals surface area contributed by atoms with Crippen molar-refractivity contribution in [2.75, 3.05) is 0 Å². The minimum absolute atomic E-state index is 0. The van der Waals surface area contributed by atoms with Crippen LogP contribution in [-0.2, 0) is 20.1 Å². The molecule has 0 saturated carbocycles. The van der Waals surface area contributed by atoms with E-state index < -0.39 is 0 Å². The Balaban J connectivity index is 0.000000478. The van der Waals surface area contributed by atoms with E-state index in [1.807, 2.05) is 12.1 Å². The van der Waals surface area contributed by atoms with Gasteiger partial charge in [0, 0.05) is 25.6 Å². The molecule has 4 heteroatoms. The third-order valence-electron chi connectivity index (χ3n) is 3.08. The van der Waals surface area contributed by atoms with Gasteiger partial charge in [0.15, 0.2) is 0 Å². The number of hydrogen-bond donors (Lipinski definition) is 1. The molecule has 0 fully saturated rings. The van der Waals surface area contributed by atoms with Crippen LogP contribution < -0.4 is 0 Å². The van der Waals surface area contributed by atoms with E-state index in [0.717, 1.165) is 6.42 Å². The van der Waals surface area contributed by atoms with E-state index >= 15 is 0 Å². The maximum Gasteiger partial charge on any atom is 0.316 e. The molecule has 1 aromatic carbocycles. The molecule has 3 nitrogen and oxygen atoms in total. The molecule has 1 heterocycles. The minimum atomic E-state index is 0. The molecule has 123 valence electrons. The topological polar surface area (TPSA) is 54.0 Å². The molecule has 2 rings (SSSR count). The van der Waals surface area contributed by atoms with Gasteiger partial charge in [0.2, 0.25) is 0 Å². The molecule has 0 aromatic heterocycles. The zero-order valence-electron chi connectivity index (χ0n) is 13.7. The van der Waals surface area contributed by atoms with Crippen LogP contribution in [0.25, 0.3) is 0 Å². The molecule has 2 N–H and O–H groups in total. The van der Waals surface area contributed by atoms with Crippen molar-refractivity contribution in [1.82, 2.24) is 0 Å². The van der Waals surface area contributed by atoms with Crippen molar-refractivity contribution in [2.24, 2.45) is 4.99 Å². The number of allylic oxidation sites excluding steroid dienone is 2. The van der Waals surface area contributed by atoms with Gasteiger partial charge in [-0.25, -0.2) is 0 Å². The molecular weight excluding hydrogens is 454 g/mol. The summed E-state index contributed by atoms with van der Waals surface area (Å²) in [6.45, 7) is 7.41. The van der Waals surface area contributed by atoms with Crippen LogP contribution >= 0.6 is 0 Å². The Morgan fingerprint density at radius 2 is 2.05 bits per heavy atom. The van der Waals surface area contributed by atoms with E-state index in [1.165, 1.54) is 44.0 Å². The Labute approximate surface area is 146 Å². The van der Waals surface area contributed by atoms with Crippen molar-refractivity contribution in [1.29, 1.82) is 0 Å². The van der Waals surface area contributed by atoms with Gasteiger partial charge in [-0.05, 0) is 39.3 Å². The van der Waals surface area contributed by atoms with E-state index in [0.29, 0.717) is 0 Å². The van der Waals surface area contributed by atoms with Crippen LogP contribution in [0, 0.1) is 6.07 Å². The van der Waals surface area contributed by atoms with Gasteiger partial charge in [0.25, 0.3) is 0 Å². The van der Waals surface area contributed by atoms with Crippen LogP contribution in [0.3, 0.4) is 0 Å². The molecule has 0 amide bonds. The van der Waals surface area contributed by atoms with Crippen molar-refractivity contribution in [2.45, 2.75) is 52.5 Å². The second-order valence-electron chi connectivity index (χ2n) is 5.93. The molecule has 0 saturated heterocycles. The second kappa shape index (κ2) is 9.70. The van der Waals surface area contributed by atoms with E-state index in [2.05, 4.69) is 32.0 Å². The van der Waals surface area contributed by atoms with E-state index in [9.17, 15) is 0 Å². The summed E-state index contributed by atoms with van der Waals surface area (Å²) in [7, 11) is 0. The van der Waals surface area contributed by atoms with Crippen molar-refractivity contribution < 1.29 is 30.0 Å². The van der Waals surface area contributed by atoms with Crippen LogP contribution in [-0.4, -0.2) is 26.9 Å². The third-order valence-corrected chi connectivity index (χ3v) is 3.08. The molecule has 1 aliphatic heterocycles. The van der Waals surface area contributed by atoms with E-state index in [-0.39, 0.29) is 37.2 Å². The first kappa shape index (κ1) is 20.7. The van der Waals surface area contributed by atoms with Gasteiger partial charge in [0.1, 0.15) is 0 Å². The number of benzene rings is 1. The largest absolute Gasteiger partial charge is 0.512 e. The van der Waals surface area contributed by atoms with Gasteiger partial charge < -0.3 is 10.1 Å². The van der Waals surface area contributed by atoms with Crippen molar-refractivity contribution in [3.8, 4) is 0 Å². The number of aliphatic imine (C=N–C) groups is 1. The molecule has 0 unspecified atom stereocenters. The van der Waals surface area contributed by atoms with E-state index in [4.69, 9.17) is 14.9 Å². The van der Waals surface area contributed by atoms with Crippen LogP contribution in [0.1, 0.15) is 52.5 Å². The van der Waals surface area contributed by atoms with Gasteiger partial charge in [-0.3, -0.25) is 4.79 Å². The fourth-order valence-corrected chi connectivity index (χ4v) is 2.24. The smallest absolute Gasteiger partial charge is 0.316 e. The number of ketones is 1. The minimum Gasteiger partial charge on any atom is -0.512 e. The first-order valence-electron chi connectivity index (χ1n) is 7.26. The number of carbonyl (C=O) groups excluding carboxylic acids is 1. The molecule has 0 bridgehead atoms. The third kappa shape index (κ3) is 8.26. The SMILES string of the molecule is CC(=[OH+])/C=C(/C)O.CC1(C)CCCC(c2[c-]cccc2)=N1.[Ir]. The van der Waals surface area contributed by atoms with Gasteiger partial charge >= 0.3 is 5.78 Å². The molecule has 1 radical (unpaired) electrons. The monoisotopic (exact) mass is 480 g/mol. The zero-order chi connectivity index (χ0) is 15.9. The van der Waals surface area contributed by atoms with Gasteiger partial charge in [-0.2, -0.15) is 0 Å². The maximum absolute atomic E-state index is 8.40. The molecular formula is C18H25IrNO2. The Kier molecular flexibility index (Phi) is 9.15. The summed E-state index contributed by atoms with van der Waals surface area (Å²) in [5.74, 6) is 0.250. The Morgan fingerprint density at radius 1 is 1.36 bits per heavy atom. The first-order chi connectivity index (χ1) is 9.80. The Bertz CT molecular complexity index is 529. The zero-order valence-corrected chi connectivity index (χ0v) is 16.1. The summed E-state index contributed by atoms with van der Waals surface area (Å²) >= 11 is 0. The van der Waals surface area contributed by atoms with Gasteiger partial charge in [-0.1, -0.05) is 6.42 Å². The fourth-order valence-electron chi connectivity index (χ4n) is 2.24. The van der Waals surface area contributed by atoms with Crippen LogP contribution in [0.2, 0.25) is 0 Å². The van der Waals surface area contributed by atoms with Crippen LogP contribution in [0.4, 0.5) is 0 Å². The Morgan fingerprint density at radius 3 is 2.45 bits per heavy atom. The summed E-state index contributed by atoms with van der Waals surface area (Å²) in [4.78, 5) is 13.2. The summed E-state index contributed by atoms with van der Waals surface area (Å²) in [5, 5.41) is 8.40. The molecule has 22 heavy (non-hydrogen) atoms. The molecule has 1 aromatic rings. The first-order valence-corrected chi connectivity index (χ1v) is 7.26. The van der Waals surface area contributed by atoms with Gasteiger partial charge in [0.05, 0.1) is 18.8 Å². The van der Waals surface area contributed by atoms with Crippen LogP contribution in [0.5, 0.6) is 0 Å². The number of nitrogens with zero attached hydrogens (tertiary/aromatic N) is 1.